The first-order valence-electron chi connectivity index (χ1n) is 6.43. The SMILES string of the molecule is CCCc1cc(CO)cc(N(CCO)CC(F)(F)F)n1. The molecule has 0 aliphatic heterocycles. The number of halogens is 3. The quantitative estimate of drug-likeness (QED) is 0.806. The Kier molecular flexibility index (Phi) is 6.22. The molecule has 0 atom stereocenters. The Morgan fingerprint density at radius 2 is 1.95 bits per heavy atom. The summed E-state index contributed by atoms with van der Waals surface area (Å²) in [6.45, 7) is -0.0580. The Morgan fingerprint density at radius 3 is 2.45 bits per heavy atom. The molecule has 0 saturated carbocycles. The predicted octanol–water partition coefficient (Wildman–Crippen LogP) is 1.89. The van der Waals surface area contributed by atoms with Crippen molar-refractivity contribution in [2.45, 2.75) is 32.5 Å². The molecular weight excluding hydrogens is 273 g/mol. The van der Waals surface area contributed by atoms with Crippen molar-refractivity contribution in [3.8, 4) is 0 Å². The number of pyridine rings is 1. The van der Waals surface area contributed by atoms with E-state index in [1.165, 1.54) is 6.07 Å². The lowest BCUT2D eigenvalue weighted by Gasteiger charge is -2.25. The molecule has 2 N–H and O–H groups in total. The number of anilines is 1. The van der Waals surface area contributed by atoms with Gasteiger partial charge in [0, 0.05) is 12.2 Å². The first kappa shape index (κ1) is 16.7. The lowest BCUT2D eigenvalue weighted by molar-refractivity contribution is -0.120. The number of hydrogen-bond acceptors (Lipinski definition) is 4. The molecule has 0 aliphatic carbocycles. The molecule has 1 rings (SSSR count). The van der Waals surface area contributed by atoms with Gasteiger partial charge >= 0.3 is 6.18 Å². The Hall–Kier alpha value is -1.34. The summed E-state index contributed by atoms with van der Waals surface area (Å²) in [5.41, 5.74) is 1.16. The zero-order valence-electron chi connectivity index (χ0n) is 11.3. The van der Waals surface area contributed by atoms with Crippen LogP contribution >= 0.6 is 0 Å². The number of rotatable bonds is 7. The zero-order chi connectivity index (χ0) is 15.2. The van der Waals surface area contributed by atoms with Gasteiger partial charge in [-0.25, -0.2) is 4.98 Å². The van der Waals surface area contributed by atoms with Gasteiger partial charge in [0.1, 0.15) is 12.4 Å². The molecule has 1 aromatic rings. The molecule has 0 saturated heterocycles. The first-order valence-corrected chi connectivity index (χ1v) is 6.43. The monoisotopic (exact) mass is 292 g/mol. The molecular formula is C13H19F3N2O2. The van der Waals surface area contributed by atoms with Gasteiger partial charge < -0.3 is 15.1 Å². The average Bonchev–Trinajstić information content (AvgIpc) is 2.36. The zero-order valence-corrected chi connectivity index (χ0v) is 11.3. The van der Waals surface area contributed by atoms with Crippen LogP contribution in [-0.2, 0) is 13.0 Å². The summed E-state index contributed by atoms with van der Waals surface area (Å²) in [7, 11) is 0. The topological polar surface area (TPSA) is 56.6 Å². The number of aryl methyl sites for hydroxylation is 1. The van der Waals surface area contributed by atoms with Crippen LogP contribution in [0.1, 0.15) is 24.6 Å². The molecule has 0 fully saturated rings. The van der Waals surface area contributed by atoms with Crippen molar-refractivity contribution in [2.24, 2.45) is 0 Å². The smallest absolute Gasteiger partial charge is 0.395 e. The van der Waals surface area contributed by atoms with Gasteiger partial charge in [-0.3, -0.25) is 0 Å². The second-order valence-electron chi connectivity index (χ2n) is 4.49. The highest BCUT2D eigenvalue weighted by atomic mass is 19.4. The van der Waals surface area contributed by atoms with Gasteiger partial charge in [0.05, 0.1) is 13.2 Å². The highest BCUT2D eigenvalue weighted by Crippen LogP contribution is 2.22. The van der Waals surface area contributed by atoms with Crippen molar-refractivity contribution in [3.63, 3.8) is 0 Å². The van der Waals surface area contributed by atoms with Gasteiger partial charge in [-0.2, -0.15) is 13.2 Å². The molecule has 1 aromatic heterocycles. The van der Waals surface area contributed by atoms with E-state index < -0.39 is 19.3 Å². The van der Waals surface area contributed by atoms with E-state index in [1.807, 2.05) is 6.92 Å². The van der Waals surface area contributed by atoms with Crippen LogP contribution in [0.2, 0.25) is 0 Å². The predicted molar refractivity (Wildman–Crippen MR) is 69.5 cm³/mol. The van der Waals surface area contributed by atoms with Gasteiger partial charge in [-0.05, 0) is 24.1 Å². The lowest BCUT2D eigenvalue weighted by atomic mass is 10.1. The van der Waals surface area contributed by atoms with E-state index in [-0.39, 0.29) is 19.0 Å². The molecule has 0 unspecified atom stereocenters. The van der Waals surface area contributed by atoms with Crippen LogP contribution in [0.4, 0.5) is 19.0 Å². The van der Waals surface area contributed by atoms with E-state index in [0.29, 0.717) is 17.7 Å². The number of aliphatic hydroxyl groups excluding tert-OH is 2. The summed E-state index contributed by atoms with van der Waals surface area (Å²) in [6, 6.07) is 3.10. The summed E-state index contributed by atoms with van der Waals surface area (Å²) >= 11 is 0. The summed E-state index contributed by atoms with van der Waals surface area (Å²) in [4.78, 5) is 5.15. The lowest BCUT2D eigenvalue weighted by Crippen LogP contribution is -2.37. The van der Waals surface area contributed by atoms with E-state index in [2.05, 4.69) is 4.98 Å². The minimum Gasteiger partial charge on any atom is -0.395 e. The van der Waals surface area contributed by atoms with Crippen LogP contribution in [0.25, 0.3) is 0 Å². The Labute approximate surface area is 115 Å². The molecule has 1 heterocycles. The fraction of sp³-hybridized carbons (Fsp3) is 0.615. The molecule has 0 radical (unpaired) electrons. The fourth-order valence-corrected chi connectivity index (χ4v) is 1.88. The van der Waals surface area contributed by atoms with Crippen LogP contribution < -0.4 is 4.90 Å². The van der Waals surface area contributed by atoms with E-state index in [9.17, 15) is 18.3 Å². The Bertz CT molecular complexity index is 425. The van der Waals surface area contributed by atoms with Gasteiger partial charge in [0.25, 0.3) is 0 Å². The van der Waals surface area contributed by atoms with E-state index in [4.69, 9.17) is 5.11 Å². The maximum absolute atomic E-state index is 12.5. The van der Waals surface area contributed by atoms with Crippen LogP contribution in [0.15, 0.2) is 12.1 Å². The van der Waals surface area contributed by atoms with Gasteiger partial charge in [-0.1, -0.05) is 13.3 Å². The van der Waals surface area contributed by atoms with Gasteiger partial charge in [0.15, 0.2) is 0 Å². The largest absolute Gasteiger partial charge is 0.405 e. The standard InChI is InChI=1S/C13H19F3N2O2/c1-2-3-11-6-10(8-20)7-12(17-11)18(4-5-19)9-13(14,15)16/h6-7,19-20H,2-5,8-9H2,1H3. The second-order valence-corrected chi connectivity index (χ2v) is 4.49. The summed E-state index contributed by atoms with van der Waals surface area (Å²) in [6.07, 6.45) is -2.95. The molecule has 7 heteroatoms. The number of hydrogen-bond donors (Lipinski definition) is 2. The number of nitrogens with zero attached hydrogens (tertiary/aromatic N) is 2. The highest BCUT2D eigenvalue weighted by molar-refractivity contribution is 5.43. The summed E-state index contributed by atoms with van der Waals surface area (Å²) < 4.78 is 37.6. The molecule has 20 heavy (non-hydrogen) atoms. The molecule has 0 spiro atoms. The Morgan fingerprint density at radius 1 is 1.25 bits per heavy atom. The first-order chi connectivity index (χ1) is 9.39. The summed E-state index contributed by atoms with van der Waals surface area (Å²) in [5.74, 6) is 0.131. The molecule has 0 aromatic carbocycles. The Balaban J connectivity index is 3.07. The minimum absolute atomic E-state index is 0.131. The minimum atomic E-state index is -4.38. The molecule has 0 bridgehead atoms. The number of aliphatic hydroxyl groups is 2. The van der Waals surface area contributed by atoms with Crippen LogP contribution in [0.3, 0.4) is 0 Å². The van der Waals surface area contributed by atoms with Gasteiger partial charge in [-0.15, -0.1) is 0 Å². The molecule has 0 aliphatic rings. The van der Waals surface area contributed by atoms with Crippen LogP contribution in [0, 0.1) is 0 Å². The van der Waals surface area contributed by atoms with Gasteiger partial charge in [0.2, 0.25) is 0 Å². The van der Waals surface area contributed by atoms with Crippen molar-refractivity contribution in [1.29, 1.82) is 0 Å². The maximum Gasteiger partial charge on any atom is 0.405 e. The number of aromatic nitrogens is 1. The van der Waals surface area contributed by atoms with Crippen LogP contribution in [0.5, 0.6) is 0 Å². The van der Waals surface area contributed by atoms with Crippen molar-refractivity contribution >= 4 is 5.82 Å². The fourth-order valence-electron chi connectivity index (χ4n) is 1.88. The van der Waals surface area contributed by atoms with Crippen LogP contribution in [-0.4, -0.2) is 41.1 Å². The van der Waals surface area contributed by atoms with Crippen molar-refractivity contribution in [1.82, 2.24) is 4.98 Å². The van der Waals surface area contributed by atoms with E-state index in [1.54, 1.807) is 6.07 Å². The maximum atomic E-state index is 12.5. The average molecular weight is 292 g/mol. The van der Waals surface area contributed by atoms with E-state index in [0.717, 1.165) is 11.3 Å². The van der Waals surface area contributed by atoms with Crippen molar-refractivity contribution in [3.05, 3.63) is 23.4 Å². The normalized spacial score (nSPS) is 11.7. The molecule has 4 nitrogen and oxygen atoms in total. The highest BCUT2D eigenvalue weighted by Gasteiger charge is 2.31. The van der Waals surface area contributed by atoms with Crippen molar-refractivity contribution < 1.29 is 23.4 Å². The van der Waals surface area contributed by atoms with E-state index >= 15 is 0 Å². The number of alkyl halides is 3. The summed E-state index contributed by atoms with van der Waals surface area (Å²) in [5, 5.41) is 18.1. The third-order valence-electron chi connectivity index (χ3n) is 2.68. The second kappa shape index (κ2) is 7.44. The third kappa shape index (κ3) is 5.34. The third-order valence-corrected chi connectivity index (χ3v) is 2.68. The molecule has 0 amide bonds. The van der Waals surface area contributed by atoms with Crippen molar-refractivity contribution in [2.75, 3.05) is 24.6 Å². The molecule has 114 valence electrons.